The summed E-state index contributed by atoms with van der Waals surface area (Å²) in [4.78, 5) is 4.10. The van der Waals surface area contributed by atoms with E-state index in [1.54, 1.807) is 29.8 Å². The SMILES string of the molecule is CS(=O)(=O)c1ccc(-n2nc(C(F)(F)F)cc2-c2ccc(-c3cscn3)cc2)cc1Cl. The van der Waals surface area contributed by atoms with Gasteiger partial charge in [-0.25, -0.2) is 18.1 Å². The smallest absolute Gasteiger partial charge is 0.245 e. The summed E-state index contributed by atoms with van der Waals surface area (Å²) in [6.07, 6.45) is -3.66. The van der Waals surface area contributed by atoms with Crippen LogP contribution >= 0.6 is 22.9 Å². The molecule has 5 nitrogen and oxygen atoms in total. The second-order valence-electron chi connectivity index (χ2n) is 6.66. The molecular weight excluding hydrogens is 471 g/mol. The van der Waals surface area contributed by atoms with Gasteiger partial charge >= 0.3 is 6.18 Å². The summed E-state index contributed by atoms with van der Waals surface area (Å²) >= 11 is 7.53. The van der Waals surface area contributed by atoms with Crippen molar-refractivity contribution in [2.24, 2.45) is 0 Å². The molecule has 0 saturated carbocycles. The third-order valence-electron chi connectivity index (χ3n) is 4.47. The Kier molecular flexibility index (Phi) is 5.40. The van der Waals surface area contributed by atoms with Crippen LogP contribution in [0.25, 0.3) is 28.2 Å². The highest BCUT2D eigenvalue weighted by Crippen LogP contribution is 2.35. The molecule has 0 atom stereocenters. The quantitative estimate of drug-likeness (QED) is 0.371. The number of thiazole rings is 1. The average Bonchev–Trinajstić information content (AvgIpc) is 3.37. The van der Waals surface area contributed by atoms with E-state index in [1.165, 1.54) is 29.5 Å². The third-order valence-corrected chi connectivity index (χ3v) is 6.63. The van der Waals surface area contributed by atoms with Gasteiger partial charge in [-0.1, -0.05) is 35.9 Å². The molecule has 31 heavy (non-hydrogen) atoms. The van der Waals surface area contributed by atoms with Crippen LogP contribution in [0.5, 0.6) is 0 Å². The third kappa shape index (κ3) is 4.36. The van der Waals surface area contributed by atoms with Gasteiger partial charge < -0.3 is 0 Å². The first-order valence-corrected chi connectivity index (χ1v) is 11.9. The summed E-state index contributed by atoms with van der Waals surface area (Å²) in [6, 6.07) is 11.7. The minimum absolute atomic E-state index is 0.103. The van der Waals surface area contributed by atoms with E-state index in [0.29, 0.717) is 5.56 Å². The Bertz CT molecular complexity index is 1350. The lowest BCUT2D eigenvalue weighted by Gasteiger charge is -2.10. The van der Waals surface area contributed by atoms with Crippen molar-refractivity contribution in [1.82, 2.24) is 14.8 Å². The van der Waals surface area contributed by atoms with Gasteiger partial charge in [0, 0.05) is 22.8 Å². The molecule has 11 heteroatoms. The van der Waals surface area contributed by atoms with Gasteiger partial charge in [-0.2, -0.15) is 18.3 Å². The molecule has 0 aliphatic carbocycles. The number of benzene rings is 2. The molecule has 4 aromatic rings. The molecule has 160 valence electrons. The molecule has 0 fully saturated rings. The molecule has 2 heterocycles. The first-order chi connectivity index (χ1) is 14.5. The Morgan fingerprint density at radius 1 is 1.03 bits per heavy atom. The van der Waals surface area contributed by atoms with Crippen molar-refractivity contribution in [3.05, 3.63) is 70.1 Å². The lowest BCUT2D eigenvalue weighted by Crippen LogP contribution is -2.07. The maximum Gasteiger partial charge on any atom is 0.435 e. The van der Waals surface area contributed by atoms with E-state index in [1.807, 2.05) is 5.38 Å². The van der Waals surface area contributed by atoms with Gasteiger partial charge in [0.25, 0.3) is 0 Å². The van der Waals surface area contributed by atoms with Gasteiger partial charge in [0.2, 0.25) is 0 Å². The fraction of sp³-hybridized carbons (Fsp3) is 0.100. The zero-order valence-electron chi connectivity index (χ0n) is 15.8. The largest absolute Gasteiger partial charge is 0.435 e. The van der Waals surface area contributed by atoms with Crippen molar-refractivity contribution in [2.45, 2.75) is 11.1 Å². The van der Waals surface area contributed by atoms with E-state index in [0.717, 1.165) is 28.3 Å². The topological polar surface area (TPSA) is 64.8 Å². The first kappa shape index (κ1) is 21.5. The van der Waals surface area contributed by atoms with Crippen LogP contribution in [0.3, 0.4) is 0 Å². The monoisotopic (exact) mass is 483 g/mol. The molecule has 2 aromatic carbocycles. The molecule has 0 radical (unpaired) electrons. The van der Waals surface area contributed by atoms with E-state index >= 15 is 0 Å². The molecule has 0 spiro atoms. The predicted octanol–water partition coefficient (Wildman–Crippen LogP) is 5.74. The molecule has 4 rings (SSSR count). The van der Waals surface area contributed by atoms with E-state index in [4.69, 9.17) is 11.6 Å². The summed E-state index contributed by atoms with van der Waals surface area (Å²) in [5, 5.41) is 5.47. The first-order valence-electron chi connectivity index (χ1n) is 8.70. The van der Waals surface area contributed by atoms with Gasteiger partial charge in [-0.05, 0) is 24.3 Å². The average molecular weight is 484 g/mol. The molecular formula is C20H13ClF3N3O2S2. The standard InChI is InChI=1S/C20H13ClF3N3O2S2/c1-31(28,29)18-7-6-14(8-15(18)21)27-17(9-19(26-27)20(22,23)24)13-4-2-12(3-5-13)16-10-30-11-25-16/h2-11H,1H3. The number of halogens is 4. The summed E-state index contributed by atoms with van der Waals surface area (Å²) < 4.78 is 64.8. The van der Waals surface area contributed by atoms with E-state index in [-0.39, 0.29) is 21.3 Å². The highest BCUT2D eigenvalue weighted by atomic mass is 35.5. The number of alkyl halides is 3. The zero-order chi connectivity index (χ0) is 22.4. The summed E-state index contributed by atoms with van der Waals surface area (Å²) in [5.74, 6) is 0. The van der Waals surface area contributed by atoms with Crippen LogP contribution in [0.1, 0.15) is 5.69 Å². The predicted molar refractivity (Wildman–Crippen MR) is 113 cm³/mol. The van der Waals surface area contributed by atoms with E-state index in [9.17, 15) is 21.6 Å². The van der Waals surface area contributed by atoms with E-state index < -0.39 is 21.7 Å². The molecule has 0 amide bonds. The summed E-state index contributed by atoms with van der Waals surface area (Å²) in [7, 11) is -3.59. The van der Waals surface area contributed by atoms with E-state index in [2.05, 4.69) is 10.1 Å². The molecule has 0 aliphatic rings. The van der Waals surface area contributed by atoms with Gasteiger partial charge in [0.05, 0.1) is 32.5 Å². The van der Waals surface area contributed by atoms with Gasteiger partial charge in [-0.3, -0.25) is 0 Å². The fourth-order valence-corrected chi connectivity index (χ4v) is 4.90. The van der Waals surface area contributed by atoms with Crippen molar-refractivity contribution in [3.63, 3.8) is 0 Å². The highest BCUT2D eigenvalue weighted by Gasteiger charge is 2.35. The van der Waals surface area contributed by atoms with Crippen molar-refractivity contribution in [1.29, 1.82) is 0 Å². The maximum atomic E-state index is 13.4. The molecule has 0 bridgehead atoms. The molecule has 2 aromatic heterocycles. The van der Waals surface area contributed by atoms with Crippen LogP contribution < -0.4 is 0 Å². The normalized spacial score (nSPS) is 12.3. The Morgan fingerprint density at radius 2 is 1.71 bits per heavy atom. The van der Waals surface area contributed by atoms with Crippen LogP contribution in [-0.4, -0.2) is 29.4 Å². The second kappa shape index (κ2) is 7.77. The number of sulfone groups is 1. The Balaban J connectivity index is 1.84. The van der Waals surface area contributed by atoms with Crippen molar-refractivity contribution >= 4 is 32.8 Å². The maximum absolute atomic E-state index is 13.4. The summed E-state index contributed by atoms with van der Waals surface area (Å²) in [5.41, 5.74) is 3.08. The van der Waals surface area contributed by atoms with Crippen molar-refractivity contribution in [3.8, 4) is 28.2 Å². The number of hydrogen-bond donors (Lipinski definition) is 0. The second-order valence-corrected chi connectivity index (χ2v) is 9.77. The van der Waals surface area contributed by atoms with Crippen LogP contribution in [0, 0.1) is 0 Å². The number of nitrogens with zero attached hydrogens (tertiary/aromatic N) is 3. The molecule has 0 aliphatic heterocycles. The van der Waals surface area contributed by atoms with Crippen molar-refractivity contribution in [2.75, 3.05) is 6.26 Å². The zero-order valence-corrected chi connectivity index (χ0v) is 18.1. The Hall–Kier alpha value is -2.69. The van der Waals surface area contributed by atoms with Crippen LogP contribution in [0.4, 0.5) is 13.2 Å². The van der Waals surface area contributed by atoms with Gasteiger partial charge in [-0.15, -0.1) is 11.3 Å². The summed E-state index contributed by atoms with van der Waals surface area (Å²) in [6.45, 7) is 0. The lowest BCUT2D eigenvalue weighted by atomic mass is 10.1. The Labute approximate surface area is 184 Å². The lowest BCUT2D eigenvalue weighted by molar-refractivity contribution is -0.141. The molecule has 0 unspecified atom stereocenters. The molecule has 0 saturated heterocycles. The molecule has 0 N–H and O–H groups in total. The van der Waals surface area contributed by atoms with Gasteiger partial charge in [0.1, 0.15) is 0 Å². The number of hydrogen-bond acceptors (Lipinski definition) is 5. The highest BCUT2D eigenvalue weighted by molar-refractivity contribution is 7.90. The Morgan fingerprint density at radius 3 is 2.26 bits per heavy atom. The van der Waals surface area contributed by atoms with Crippen LogP contribution in [-0.2, 0) is 16.0 Å². The number of aromatic nitrogens is 3. The van der Waals surface area contributed by atoms with Crippen molar-refractivity contribution < 1.29 is 21.6 Å². The fourth-order valence-electron chi connectivity index (χ4n) is 3.01. The van der Waals surface area contributed by atoms with Crippen LogP contribution in [0.2, 0.25) is 5.02 Å². The minimum Gasteiger partial charge on any atom is -0.245 e. The van der Waals surface area contributed by atoms with Crippen LogP contribution in [0.15, 0.2) is 64.3 Å². The van der Waals surface area contributed by atoms with Gasteiger partial charge in [0.15, 0.2) is 15.5 Å². The number of rotatable bonds is 4. The minimum atomic E-state index is -4.66.